The zero-order chi connectivity index (χ0) is 12.5. The number of nitrogens with two attached hydrogens (primary N) is 1. The molecule has 0 aromatic heterocycles. The van der Waals surface area contributed by atoms with Crippen LogP contribution in [0, 0.1) is 5.82 Å². The van der Waals surface area contributed by atoms with E-state index in [0.29, 0.717) is 22.9 Å². The van der Waals surface area contributed by atoms with Gasteiger partial charge in [0.15, 0.2) is 0 Å². The van der Waals surface area contributed by atoms with Gasteiger partial charge < -0.3 is 5.73 Å². The smallest absolute Gasteiger partial charge is 0.124 e. The molecule has 2 unspecified atom stereocenters. The fourth-order valence-electron chi connectivity index (χ4n) is 2.59. The van der Waals surface area contributed by atoms with E-state index in [4.69, 9.17) is 5.73 Å². The molecule has 1 saturated carbocycles. The van der Waals surface area contributed by atoms with Gasteiger partial charge in [0.1, 0.15) is 11.5 Å². The summed E-state index contributed by atoms with van der Waals surface area (Å²) in [5.74, 6) is -0.335. The molecular formula is C13H16BrF2N. The van der Waals surface area contributed by atoms with Crippen molar-refractivity contribution in [1.82, 2.24) is 0 Å². The average molecular weight is 304 g/mol. The first-order valence-electron chi connectivity index (χ1n) is 5.86. The van der Waals surface area contributed by atoms with E-state index in [1.165, 1.54) is 12.1 Å². The summed E-state index contributed by atoms with van der Waals surface area (Å²) >= 11 is 3.22. The van der Waals surface area contributed by atoms with Gasteiger partial charge in [0, 0.05) is 16.9 Å². The largest absolute Gasteiger partial charge is 0.328 e. The van der Waals surface area contributed by atoms with Crippen molar-refractivity contribution in [3.05, 3.63) is 34.1 Å². The highest BCUT2D eigenvalue weighted by Gasteiger charge is 2.35. The molecule has 0 bridgehead atoms. The summed E-state index contributed by atoms with van der Waals surface area (Å²) in [7, 11) is 0. The number of alkyl halides is 1. The Morgan fingerprint density at radius 1 is 1.41 bits per heavy atom. The minimum atomic E-state index is -1.27. The van der Waals surface area contributed by atoms with Crippen molar-refractivity contribution in [3.8, 4) is 0 Å². The summed E-state index contributed by atoms with van der Waals surface area (Å²) in [6.07, 6.45) is 2.85. The first kappa shape index (κ1) is 13.0. The number of benzene rings is 1. The molecule has 2 atom stereocenters. The molecule has 1 nitrogen and oxygen atoms in total. The molecule has 0 saturated heterocycles. The lowest BCUT2D eigenvalue weighted by Gasteiger charge is -2.33. The molecule has 1 aromatic rings. The van der Waals surface area contributed by atoms with Crippen LogP contribution in [0.3, 0.4) is 0 Å². The van der Waals surface area contributed by atoms with Crippen molar-refractivity contribution >= 4 is 15.9 Å². The third kappa shape index (κ3) is 3.49. The van der Waals surface area contributed by atoms with Gasteiger partial charge in [0.25, 0.3) is 0 Å². The predicted octanol–water partition coefficient (Wildman–Crippen LogP) is 3.74. The van der Waals surface area contributed by atoms with Crippen LogP contribution in [0.4, 0.5) is 8.78 Å². The van der Waals surface area contributed by atoms with Crippen molar-refractivity contribution < 1.29 is 8.78 Å². The second kappa shape index (κ2) is 5.02. The van der Waals surface area contributed by atoms with Crippen molar-refractivity contribution in [3.63, 3.8) is 0 Å². The molecule has 0 amide bonds. The van der Waals surface area contributed by atoms with Crippen LogP contribution in [0.1, 0.15) is 31.2 Å². The standard InChI is InChI=1S/C13H16BrF2N/c14-10-4-9(5-11(15)6-10)7-13(16)3-1-2-12(17)8-13/h4-6,12H,1-3,7-8,17H2. The molecule has 17 heavy (non-hydrogen) atoms. The van der Waals surface area contributed by atoms with Crippen LogP contribution in [0.2, 0.25) is 0 Å². The Morgan fingerprint density at radius 2 is 2.18 bits per heavy atom. The van der Waals surface area contributed by atoms with E-state index in [-0.39, 0.29) is 18.3 Å². The lowest BCUT2D eigenvalue weighted by Crippen LogP contribution is -2.39. The van der Waals surface area contributed by atoms with Gasteiger partial charge in [-0.1, -0.05) is 15.9 Å². The van der Waals surface area contributed by atoms with Crippen LogP contribution in [-0.2, 0) is 6.42 Å². The van der Waals surface area contributed by atoms with Gasteiger partial charge in [-0.2, -0.15) is 0 Å². The lowest BCUT2D eigenvalue weighted by atomic mass is 9.80. The quantitative estimate of drug-likeness (QED) is 0.885. The third-order valence-corrected chi connectivity index (χ3v) is 3.73. The highest BCUT2D eigenvalue weighted by atomic mass is 79.9. The minimum absolute atomic E-state index is 0.0641. The van der Waals surface area contributed by atoms with E-state index in [9.17, 15) is 8.78 Å². The fraction of sp³-hybridized carbons (Fsp3) is 0.538. The van der Waals surface area contributed by atoms with E-state index >= 15 is 0 Å². The molecule has 2 N–H and O–H groups in total. The molecule has 0 spiro atoms. The molecule has 94 valence electrons. The molecule has 4 heteroatoms. The SMILES string of the molecule is NC1CCCC(F)(Cc2cc(F)cc(Br)c2)C1. The maximum Gasteiger partial charge on any atom is 0.124 e. The van der Waals surface area contributed by atoms with Crippen LogP contribution in [0.25, 0.3) is 0 Å². The van der Waals surface area contributed by atoms with E-state index in [1.807, 2.05) is 0 Å². The zero-order valence-corrected chi connectivity index (χ0v) is 11.1. The highest BCUT2D eigenvalue weighted by Crippen LogP contribution is 2.34. The van der Waals surface area contributed by atoms with Crippen LogP contribution < -0.4 is 5.73 Å². The van der Waals surface area contributed by atoms with Crippen molar-refractivity contribution in [2.45, 2.75) is 43.8 Å². The second-order valence-corrected chi connectivity index (χ2v) is 5.88. The molecule has 1 aliphatic carbocycles. The zero-order valence-electron chi connectivity index (χ0n) is 9.56. The van der Waals surface area contributed by atoms with Gasteiger partial charge in [0.05, 0.1) is 0 Å². The summed E-state index contributed by atoms with van der Waals surface area (Å²) in [4.78, 5) is 0. The van der Waals surface area contributed by atoms with Gasteiger partial charge in [-0.25, -0.2) is 8.78 Å². The fourth-order valence-corrected chi connectivity index (χ4v) is 3.11. The number of hydrogen-bond donors (Lipinski definition) is 1. The van der Waals surface area contributed by atoms with E-state index in [0.717, 1.165) is 12.8 Å². The maximum atomic E-state index is 14.6. The van der Waals surface area contributed by atoms with E-state index in [2.05, 4.69) is 15.9 Å². The van der Waals surface area contributed by atoms with Gasteiger partial charge in [0.2, 0.25) is 0 Å². The second-order valence-electron chi connectivity index (χ2n) is 4.96. The van der Waals surface area contributed by atoms with Crippen LogP contribution in [0.15, 0.2) is 22.7 Å². The van der Waals surface area contributed by atoms with Crippen LogP contribution >= 0.6 is 15.9 Å². The molecule has 0 radical (unpaired) electrons. The Kier molecular flexibility index (Phi) is 3.83. The number of hydrogen-bond acceptors (Lipinski definition) is 1. The topological polar surface area (TPSA) is 26.0 Å². The number of rotatable bonds is 2. The van der Waals surface area contributed by atoms with Gasteiger partial charge >= 0.3 is 0 Å². The normalized spacial score (nSPS) is 29.3. The minimum Gasteiger partial charge on any atom is -0.328 e. The monoisotopic (exact) mass is 303 g/mol. The summed E-state index contributed by atoms with van der Waals surface area (Å²) in [5.41, 5.74) is 5.22. The lowest BCUT2D eigenvalue weighted by molar-refractivity contribution is 0.0964. The molecule has 2 rings (SSSR count). The molecule has 1 aromatic carbocycles. The van der Waals surface area contributed by atoms with E-state index in [1.54, 1.807) is 6.07 Å². The third-order valence-electron chi connectivity index (χ3n) is 3.27. The Bertz CT molecular complexity index is 390. The van der Waals surface area contributed by atoms with Crippen LogP contribution in [0.5, 0.6) is 0 Å². The summed E-state index contributed by atoms with van der Waals surface area (Å²) < 4.78 is 28.4. The summed E-state index contributed by atoms with van der Waals surface area (Å²) in [6, 6.07) is 4.48. The molecular weight excluding hydrogens is 288 g/mol. The summed E-state index contributed by atoms with van der Waals surface area (Å²) in [5, 5.41) is 0. The Morgan fingerprint density at radius 3 is 2.82 bits per heavy atom. The van der Waals surface area contributed by atoms with Gasteiger partial charge in [-0.3, -0.25) is 0 Å². The Hall–Kier alpha value is -0.480. The first-order valence-corrected chi connectivity index (χ1v) is 6.66. The molecule has 0 heterocycles. The number of halogens is 3. The van der Waals surface area contributed by atoms with E-state index < -0.39 is 5.67 Å². The first-order chi connectivity index (χ1) is 7.97. The maximum absolute atomic E-state index is 14.6. The summed E-state index contributed by atoms with van der Waals surface area (Å²) in [6.45, 7) is 0. The molecule has 1 fully saturated rings. The molecule has 1 aliphatic rings. The Balaban J connectivity index is 2.13. The molecule has 0 aliphatic heterocycles. The highest BCUT2D eigenvalue weighted by molar-refractivity contribution is 9.10. The van der Waals surface area contributed by atoms with Gasteiger partial charge in [-0.15, -0.1) is 0 Å². The van der Waals surface area contributed by atoms with Crippen molar-refractivity contribution in [2.24, 2.45) is 5.73 Å². The predicted molar refractivity (Wildman–Crippen MR) is 68.1 cm³/mol. The average Bonchev–Trinajstić information content (AvgIpc) is 2.13. The van der Waals surface area contributed by atoms with Crippen LogP contribution in [-0.4, -0.2) is 11.7 Å². The van der Waals surface area contributed by atoms with Gasteiger partial charge in [-0.05, 0) is 49.4 Å². The van der Waals surface area contributed by atoms with Crippen molar-refractivity contribution in [2.75, 3.05) is 0 Å². The van der Waals surface area contributed by atoms with Crippen molar-refractivity contribution in [1.29, 1.82) is 0 Å². The Labute approximate surface area is 109 Å².